The van der Waals surface area contributed by atoms with Crippen molar-refractivity contribution in [1.82, 2.24) is 0 Å². The van der Waals surface area contributed by atoms with Crippen LogP contribution in [0.3, 0.4) is 0 Å². The monoisotopic (exact) mass is 252 g/mol. The zero-order chi connectivity index (χ0) is 13.7. The molecular weight excluding hydrogens is 240 g/mol. The largest absolute Gasteiger partial charge is 0.326 e. The van der Waals surface area contributed by atoms with E-state index in [1.165, 1.54) is 12.1 Å². The smallest absolute Gasteiger partial charge is 0.270 e. The standard InChI is InChI=1S/C15H12N2O2/c16-11-14-5-1-3-12(9-14)7-8-13-4-2-6-15(10-13)17(18)19/h1-6,9-10H,11,16H2. The number of rotatable bonds is 2. The Hall–Kier alpha value is -2.64. The van der Waals surface area contributed by atoms with Crippen LogP contribution in [-0.2, 0) is 6.54 Å². The van der Waals surface area contributed by atoms with Gasteiger partial charge in [-0.05, 0) is 23.8 Å². The van der Waals surface area contributed by atoms with Crippen LogP contribution in [0, 0.1) is 22.0 Å². The predicted octanol–water partition coefficient (Wildman–Crippen LogP) is 2.45. The minimum absolute atomic E-state index is 0.0440. The zero-order valence-electron chi connectivity index (χ0n) is 10.2. The normalized spacial score (nSPS) is 9.53. The first-order valence-corrected chi connectivity index (χ1v) is 5.74. The van der Waals surface area contributed by atoms with Gasteiger partial charge in [0, 0.05) is 29.8 Å². The molecule has 2 N–H and O–H groups in total. The van der Waals surface area contributed by atoms with Crippen molar-refractivity contribution in [2.75, 3.05) is 0 Å². The summed E-state index contributed by atoms with van der Waals surface area (Å²) in [6.45, 7) is 0.465. The van der Waals surface area contributed by atoms with E-state index in [-0.39, 0.29) is 5.69 Å². The van der Waals surface area contributed by atoms with Gasteiger partial charge in [-0.25, -0.2) is 0 Å². The Morgan fingerprint density at radius 1 is 1.05 bits per heavy atom. The van der Waals surface area contributed by atoms with Crippen molar-refractivity contribution in [2.24, 2.45) is 5.73 Å². The molecule has 0 saturated carbocycles. The maximum Gasteiger partial charge on any atom is 0.270 e. The minimum atomic E-state index is -0.430. The van der Waals surface area contributed by atoms with Crippen molar-refractivity contribution in [1.29, 1.82) is 0 Å². The van der Waals surface area contributed by atoms with E-state index in [0.717, 1.165) is 11.1 Å². The number of nitro benzene ring substituents is 1. The van der Waals surface area contributed by atoms with E-state index >= 15 is 0 Å². The Morgan fingerprint density at radius 3 is 2.32 bits per heavy atom. The Kier molecular flexibility index (Phi) is 3.91. The summed E-state index contributed by atoms with van der Waals surface area (Å²) in [4.78, 5) is 10.2. The Bertz CT molecular complexity index is 669. The Balaban J connectivity index is 2.28. The van der Waals surface area contributed by atoms with E-state index in [9.17, 15) is 10.1 Å². The molecule has 0 saturated heterocycles. The molecule has 0 spiro atoms. The number of benzene rings is 2. The topological polar surface area (TPSA) is 69.2 Å². The van der Waals surface area contributed by atoms with Crippen molar-refractivity contribution in [3.63, 3.8) is 0 Å². The van der Waals surface area contributed by atoms with Crippen molar-refractivity contribution < 1.29 is 4.92 Å². The van der Waals surface area contributed by atoms with Crippen molar-refractivity contribution >= 4 is 5.69 Å². The van der Waals surface area contributed by atoms with Crippen LogP contribution in [-0.4, -0.2) is 4.92 Å². The SMILES string of the molecule is NCc1cccc(C#Cc2cccc([N+](=O)[O-])c2)c1. The number of non-ortho nitro benzene ring substituents is 1. The molecule has 2 aromatic carbocycles. The maximum atomic E-state index is 10.7. The van der Waals surface area contributed by atoms with Gasteiger partial charge in [0.2, 0.25) is 0 Å². The quantitative estimate of drug-likeness (QED) is 0.507. The molecule has 2 aromatic rings. The van der Waals surface area contributed by atoms with Gasteiger partial charge in [0.1, 0.15) is 0 Å². The third-order valence-corrected chi connectivity index (χ3v) is 2.57. The van der Waals surface area contributed by atoms with Gasteiger partial charge in [-0.15, -0.1) is 0 Å². The van der Waals surface area contributed by atoms with Crippen LogP contribution >= 0.6 is 0 Å². The van der Waals surface area contributed by atoms with E-state index in [2.05, 4.69) is 11.8 Å². The van der Waals surface area contributed by atoms with Gasteiger partial charge >= 0.3 is 0 Å². The molecular formula is C15H12N2O2. The van der Waals surface area contributed by atoms with Crippen LogP contribution in [0.2, 0.25) is 0 Å². The summed E-state index contributed by atoms with van der Waals surface area (Å²) >= 11 is 0. The summed E-state index contributed by atoms with van der Waals surface area (Å²) in [5.41, 5.74) is 8.07. The summed E-state index contributed by atoms with van der Waals surface area (Å²) in [6.07, 6.45) is 0. The first-order chi connectivity index (χ1) is 9.19. The number of hydrogen-bond acceptors (Lipinski definition) is 3. The van der Waals surface area contributed by atoms with Crippen LogP contribution in [0.5, 0.6) is 0 Å². The molecule has 0 fully saturated rings. The van der Waals surface area contributed by atoms with Gasteiger partial charge in [0.15, 0.2) is 0 Å². The number of hydrogen-bond donors (Lipinski definition) is 1. The van der Waals surface area contributed by atoms with E-state index in [4.69, 9.17) is 5.73 Å². The first-order valence-electron chi connectivity index (χ1n) is 5.74. The van der Waals surface area contributed by atoms with Crippen LogP contribution < -0.4 is 5.73 Å². The number of nitrogens with zero attached hydrogens (tertiary/aromatic N) is 1. The highest BCUT2D eigenvalue weighted by molar-refractivity contribution is 5.47. The lowest BCUT2D eigenvalue weighted by molar-refractivity contribution is -0.384. The van der Waals surface area contributed by atoms with Crippen LogP contribution in [0.15, 0.2) is 48.5 Å². The third kappa shape index (κ3) is 3.41. The molecule has 0 atom stereocenters. The molecule has 94 valence electrons. The van der Waals surface area contributed by atoms with Gasteiger partial charge in [0.05, 0.1) is 4.92 Å². The third-order valence-electron chi connectivity index (χ3n) is 2.57. The zero-order valence-corrected chi connectivity index (χ0v) is 10.2. The molecule has 19 heavy (non-hydrogen) atoms. The second kappa shape index (κ2) is 5.80. The van der Waals surface area contributed by atoms with Crippen molar-refractivity contribution in [3.05, 3.63) is 75.3 Å². The summed E-state index contributed by atoms with van der Waals surface area (Å²) in [5, 5.41) is 10.7. The van der Waals surface area contributed by atoms with E-state index < -0.39 is 4.92 Å². The first kappa shape index (κ1) is 12.8. The fourth-order valence-corrected chi connectivity index (χ4v) is 1.62. The lowest BCUT2D eigenvalue weighted by atomic mass is 10.1. The Morgan fingerprint density at radius 2 is 1.68 bits per heavy atom. The van der Waals surface area contributed by atoms with Gasteiger partial charge in [0.25, 0.3) is 5.69 Å². The second-order valence-electron chi connectivity index (χ2n) is 3.96. The average Bonchev–Trinajstić information content (AvgIpc) is 2.45. The average molecular weight is 252 g/mol. The summed E-state index contributed by atoms with van der Waals surface area (Å²) in [7, 11) is 0. The molecule has 0 amide bonds. The summed E-state index contributed by atoms with van der Waals surface area (Å²) in [6, 6.07) is 13.9. The summed E-state index contributed by atoms with van der Waals surface area (Å²) < 4.78 is 0. The second-order valence-corrected chi connectivity index (χ2v) is 3.96. The van der Waals surface area contributed by atoms with Gasteiger partial charge in [-0.1, -0.05) is 30.0 Å². The molecule has 4 nitrogen and oxygen atoms in total. The lowest BCUT2D eigenvalue weighted by Crippen LogP contribution is -1.95. The Labute approximate surface area is 111 Å². The molecule has 2 rings (SSSR count). The number of nitro groups is 1. The molecule has 0 aliphatic rings. The van der Waals surface area contributed by atoms with E-state index in [0.29, 0.717) is 12.1 Å². The molecule has 0 bridgehead atoms. The predicted molar refractivity (Wildman–Crippen MR) is 73.4 cm³/mol. The lowest BCUT2D eigenvalue weighted by Gasteiger charge is -1.96. The van der Waals surface area contributed by atoms with Gasteiger partial charge < -0.3 is 5.73 Å². The summed E-state index contributed by atoms with van der Waals surface area (Å²) in [5.74, 6) is 5.89. The molecule has 0 unspecified atom stereocenters. The molecule has 0 heterocycles. The highest BCUT2D eigenvalue weighted by atomic mass is 16.6. The van der Waals surface area contributed by atoms with Crippen molar-refractivity contribution in [3.8, 4) is 11.8 Å². The highest BCUT2D eigenvalue weighted by Gasteiger charge is 2.03. The molecule has 0 aliphatic heterocycles. The fraction of sp³-hybridized carbons (Fsp3) is 0.0667. The molecule has 0 aromatic heterocycles. The molecule has 0 radical (unpaired) electrons. The van der Waals surface area contributed by atoms with E-state index in [1.807, 2.05) is 24.3 Å². The van der Waals surface area contributed by atoms with Crippen LogP contribution in [0.25, 0.3) is 0 Å². The molecule has 0 aliphatic carbocycles. The van der Waals surface area contributed by atoms with Crippen LogP contribution in [0.1, 0.15) is 16.7 Å². The van der Waals surface area contributed by atoms with Gasteiger partial charge in [-0.2, -0.15) is 0 Å². The number of nitrogens with two attached hydrogens (primary N) is 1. The van der Waals surface area contributed by atoms with Crippen molar-refractivity contribution in [2.45, 2.75) is 6.54 Å². The van der Waals surface area contributed by atoms with E-state index in [1.54, 1.807) is 12.1 Å². The van der Waals surface area contributed by atoms with Crippen LogP contribution in [0.4, 0.5) is 5.69 Å². The molecule has 4 heteroatoms. The maximum absolute atomic E-state index is 10.7. The fourth-order valence-electron chi connectivity index (χ4n) is 1.62. The minimum Gasteiger partial charge on any atom is -0.326 e. The van der Waals surface area contributed by atoms with Gasteiger partial charge in [-0.3, -0.25) is 10.1 Å². The highest BCUT2D eigenvalue weighted by Crippen LogP contribution is 2.12.